The molecule has 0 aromatic heterocycles. The zero-order valence-corrected chi connectivity index (χ0v) is 16.3. The Hall–Kier alpha value is -2.82. The Morgan fingerprint density at radius 1 is 1.04 bits per heavy atom. The summed E-state index contributed by atoms with van der Waals surface area (Å²) in [5.74, 6) is -0.563. The van der Waals surface area contributed by atoms with Crippen molar-refractivity contribution in [1.82, 2.24) is 5.32 Å². The summed E-state index contributed by atoms with van der Waals surface area (Å²) in [5.41, 5.74) is 2.36. The third-order valence-electron chi connectivity index (χ3n) is 4.29. The van der Waals surface area contributed by atoms with Crippen LogP contribution in [-0.4, -0.2) is 23.6 Å². The van der Waals surface area contributed by atoms with Crippen LogP contribution in [0.15, 0.2) is 48.5 Å². The van der Waals surface area contributed by atoms with E-state index in [4.69, 9.17) is 4.74 Å². The van der Waals surface area contributed by atoms with E-state index in [0.717, 1.165) is 11.1 Å². The van der Waals surface area contributed by atoms with Crippen LogP contribution in [-0.2, 0) is 10.2 Å². The van der Waals surface area contributed by atoms with Crippen LogP contribution in [0, 0.1) is 0 Å². The van der Waals surface area contributed by atoms with Crippen molar-refractivity contribution in [3.8, 4) is 5.75 Å². The molecule has 0 aliphatic heterocycles. The molecule has 1 amide bonds. The van der Waals surface area contributed by atoms with Crippen LogP contribution >= 0.6 is 0 Å². The molecule has 0 unspecified atom stereocenters. The molecule has 0 bridgehead atoms. The van der Waals surface area contributed by atoms with Crippen LogP contribution in [0.3, 0.4) is 0 Å². The molecule has 0 aliphatic rings. The highest BCUT2D eigenvalue weighted by Crippen LogP contribution is 2.24. The summed E-state index contributed by atoms with van der Waals surface area (Å²) in [6.45, 7) is 8.77. The second kappa shape index (κ2) is 8.71. The summed E-state index contributed by atoms with van der Waals surface area (Å²) in [6.07, 6.45) is -0.195. The lowest BCUT2D eigenvalue weighted by atomic mass is 9.86. The Labute approximate surface area is 160 Å². The molecule has 2 rings (SSSR count). The van der Waals surface area contributed by atoms with E-state index in [1.165, 1.54) is 0 Å². The molecule has 5 heteroatoms. The van der Waals surface area contributed by atoms with Gasteiger partial charge < -0.3 is 15.2 Å². The number of rotatable bonds is 7. The minimum absolute atomic E-state index is 0.00313. The highest BCUT2D eigenvalue weighted by Gasteiger charge is 2.20. The van der Waals surface area contributed by atoms with Gasteiger partial charge in [-0.2, -0.15) is 0 Å². The third kappa shape index (κ3) is 5.84. The normalized spacial score (nSPS) is 12.3. The minimum atomic E-state index is -0.975. The van der Waals surface area contributed by atoms with Gasteiger partial charge in [0.25, 0.3) is 5.91 Å². The molecule has 0 heterocycles. The van der Waals surface area contributed by atoms with Crippen molar-refractivity contribution in [2.75, 3.05) is 6.61 Å². The second-order valence-corrected chi connectivity index (χ2v) is 7.45. The van der Waals surface area contributed by atoms with E-state index in [1.54, 1.807) is 36.4 Å². The number of carboxylic acid groups (broad SMARTS) is 1. The van der Waals surface area contributed by atoms with Crippen molar-refractivity contribution < 1.29 is 19.4 Å². The fraction of sp³-hybridized carbons (Fsp3) is 0.364. The summed E-state index contributed by atoms with van der Waals surface area (Å²) in [7, 11) is 0. The van der Waals surface area contributed by atoms with Gasteiger partial charge >= 0.3 is 5.97 Å². The van der Waals surface area contributed by atoms with Gasteiger partial charge in [0.2, 0.25) is 0 Å². The predicted octanol–water partition coefficient (Wildman–Crippen LogP) is 4.33. The Morgan fingerprint density at radius 2 is 1.63 bits per heavy atom. The fourth-order valence-electron chi connectivity index (χ4n) is 2.75. The molecule has 1 atom stereocenters. The number of carbonyl (C=O) groups is 2. The van der Waals surface area contributed by atoms with Crippen LogP contribution in [0.25, 0.3) is 0 Å². The van der Waals surface area contributed by atoms with Crippen molar-refractivity contribution >= 4 is 11.9 Å². The standard InChI is InChI=1S/C22H27NO4/c1-5-27-18-12-8-15(9-13-18)19(14-20(24)25)23-21(26)16-6-10-17(11-7-16)22(2,3)4/h6-13,19H,5,14H2,1-4H3,(H,23,26)(H,24,25)/t19-/m1/s1. The minimum Gasteiger partial charge on any atom is -0.494 e. The zero-order valence-electron chi connectivity index (χ0n) is 16.3. The maximum absolute atomic E-state index is 12.6. The van der Waals surface area contributed by atoms with Crippen LogP contribution in [0.2, 0.25) is 0 Å². The first kappa shape index (κ1) is 20.5. The number of hydrogen-bond donors (Lipinski definition) is 2. The average molecular weight is 369 g/mol. The summed E-state index contributed by atoms with van der Waals surface area (Å²) >= 11 is 0. The van der Waals surface area contributed by atoms with Crippen molar-refractivity contribution in [2.45, 2.75) is 45.6 Å². The highest BCUT2D eigenvalue weighted by molar-refractivity contribution is 5.94. The number of aliphatic carboxylic acids is 1. The van der Waals surface area contributed by atoms with Crippen molar-refractivity contribution in [2.24, 2.45) is 0 Å². The molecule has 27 heavy (non-hydrogen) atoms. The number of nitrogens with one attached hydrogen (secondary N) is 1. The van der Waals surface area contributed by atoms with E-state index in [1.807, 2.05) is 19.1 Å². The van der Waals surface area contributed by atoms with E-state index in [-0.39, 0.29) is 17.7 Å². The molecule has 2 aromatic rings. The average Bonchev–Trinajstić information content (AvgIpc) is 2.61. The molecule has 0 saturated carbocycles. The number of carboxylic acids is 1. The largest absolute Gasteiger partial charge is 0.494 e. The second-order valence-electron chi connectivity index (χ2n) is 7.45. The molecule has 0 spiro atoms. The van der Waals surface area contributed by atoms with E-state index in [2.05, 4.69) is 26.1 Å². The van der Waals surface area contributed by atoms with Gasteiger partial charge in [-0.3, -0.25) is 9.59 Å². The summed E-state index contributed by atoms with van der Waals surface area (Å²) in [4.78, 5) is 23.9. The molecular formula is C22H27NO4. The van der Waals surface area contributed by atoms with E-state index in [9.17, 15) is 14.7 Å². The van der Waals surface area contributed by atoms with Crippen LogP contribution in [0.4, 0.5) is 0 Å². The summed E-state index contributed by atoms with van der Waals surface area (Å²) in [5, 5.41) is 12.0. The number of hydrogen-bond acceptors (Lipinski definition) is 3. The van der Waals surface area contributed by atoms with Gasteiger partial charge in [-0.1, -0.05) is 45.0 Å². The lowest BCUT2D eigenvalue weighted by Gasteiger charge is -2.20. The van der Waals surface area contributed by atoms with Crippen LogP contribution < -0.4 is 10.1 Å². The molecule has 2 N–H and O–H groups in total. The zero-order chi connectivity index (χ0) is 20.0. The van der Waals surface area contributed by atoms with Gasteiger partial charge in [0, 0.05) is 5.56 Å². The van der Waals surface area contributed by atoms with Gasteiger partial charge in [-0.25, -0.2) is 0 Å². The van der Waals surface area contributed by atoms with E-state index in [0.29, 0.717) is 17.9 Å². The molecule has 0 radical (unpaired) electrons. The summed E-state index contributed by atoms with van der Waals surface area (Å²) < 4.78 is 5.41. The Kier molecular flexibility index (Phi) is 6.61. The van der Waals surface area contributed by atoms with Crippen LogP contribution in [0.5, 0.6) is 5.75 Å². The molecular weight excluding hydrogens is 342 g/mol. The van der Waals surface area contributed by atoms with Crippen molar-refractivity contribution in [3.05, 3.63) is 65.2 Å². The number of benzene rings is 2. The lowest BCUT2D eigenvalue weighted by Crippen LogP contribution is -2.30. The number of amides is 1. The number of carbonyl (C=O) groups excluding carboxylic acids is 1. The van der Waals surface area contributed by atoms with E-state index >= 15 is 0 Å². The van der Waals surface area contributed by atoms with Gasteiger partial charge in [-0.05, 0) is 47.7 Å². The summed E-state index contributed by atoms with van der Waals surface area (Å²) in [6, 6.07) is 13.9. The van der Waals surface area contributed by atoms with E-state index < -0.39 is 12.0 Å². The molecule has 0 aliphatic carbocycles. The number of ether oxygens (including phenoxy) is 1. The molecule has 0 fully saturated rings. The highest BCUT2D eigenvalue weighted by atomic mass is 16.5. The van der Waals surface area contributed by atoms with Gasteiger partial charge in [0.15, 0.2) is 0 Å². The predicted molar refractivity (Wildman–Crippen MR) is 105 cm³/mol. The fourth-order valence-corrected chi connectivity index (χ4v) is 2.75. The molecule has 0 saturated heterocycles. The van der Waals surface area contributed by atoms with Crippen molar-refractivity contribution in [3.63, 3.8) is 0 Å². The molecule has 2 aromatic carbocycles. The first-order valence-electron chi connectivity index (χ1n) is 9.06. The van der Waals surface area contributed by atoms with Gasteiger partial charge in [-0.15, -0.1) is 0 Å². The lowest BCUT2D eigenvalue weighted by molar-refractivity contribution is -0.137. The maximum Gasteiger partial charge on any atom is 0.305 e. The SMILES string of the molecule is CCOc1ccc([C@@H](CC(=O)O)NC(=O)c2ccc(C(C)(C)C)cc2)cc1. The smallest absolute Gasteiger partial charge is 0.305 e. The Bertz CT molecular complexity index is 773. The topological polar surface area (TPSA) is 75.6 Å². The Balaban J connectivity index is 2.17. The first-order valence-corrected chi connectivity index (χ1v) is 9.06. The first-order chi connectivity index (χ1) is 12.7. The molecule has 144 valence electrons. The Morgan fingerprint density at radius 3 is 2.11 bits per heavy atom. The van der Waals surface area contributed by atoms with Crippen LogP contribution in [0.1, 0.15) is 61.6 Å². The molecule has 5 nitrogen and oxygen atoms in total. The van der Waals surface area contributed by atoms with Gasteiger partial charge in [0.05, 0.1) is 19.1 Å². The van der Waals surface area contributed by atoms with Crippen molar-refractivity contribution in [1.29, 1.82) is 0 Å². The maximum atomic E-state index is 12.6. The quantitative estimate of drug-likeness (QED) is 0.762. The monoisotopic (exact) mass is 369 g/mol. The van der Waals surface area contributed by atoms with Gasteiger partial charge in [0.1, 0.15) is 5.75 Å². The third-order valence-corrected chi connectivity index (χ3v) is 4.29.